The first kappa shape index (κ1) is 15.5. The Kier molecular flexibility index (Phi) is 3.21. The van der Waals surface area contributed by atoms with E-state index in [2.05, 4.69) is 93.0 Å². The van der Waals surface area contributed by atoms with Gasteiger partial charge in [-0.3, -0.25) is 0 Å². The van der Waals surface area contributed by atoms with Crippen molar-refractivity contribution in [3.05, 3.63) is 77.4 Å². The Morgan fingerprint density at radius 2 is 1.42 bits per heavy atom. The molecule has 0 spiro atoms. The summed E-state index contributed by atoms with van der Waals surface area (Å²) in [6, 6.07) is 22.4. The van der Waals surface area contributed by atoms with Gasteiger partial charge in [0.05, 0.1) is 0 Å². The first-order valence-corrected chi connectivity index (χ1v) is 9.32. The van der Waals surface area contributed by atoms with Gasteiger partial charge in [0.25, 0.3) is 0 Å². The van der Waals surface area contributed by atoms with Gasteiger partial charge in [-0.25, -0.2) is 0 Å². The molecule has 2 heterocycles. The van der Waals surface area contributed by atoms with Gasteiger partial charge in [0, 0.05) is 18.3 Å². The number of aromatic nitrogens is 1. The van der Waals surface area contributed by atoms with Crippen LogP contribution in [0.1, 0.15) is 16.7 Å². The van der Waals surface area contributed by atoms with Gasteiger partial charge in [-0.15, -0.1) is 0 Å². The summed E-state index contributed by atoms with van der Waals surface area (Å²) >= 11 is 0. The lowest BCUT2D eigenvalue weighted by molar-refractivity contribution is 0.983. The Hall–Kier alpha value is -2.74. The Labute approximate surface area is 155 Å². The van der Waals surface area contributed by atoms with Gasteiger partial charge in [0.2, 0.25) is 6.71 Å². The summed E-state index contributed by atoms with van der Waals surface area (Å²) in [5, 5.41) is 1.38. The number of benzene rings is 3. The van der Waals surface area contributed by atoms with E-state index in [1.54, 1.807) is 0 Å². The lowest BCUT2D eigenvalue weighted by Crippen LogP contribution is -2.51. The number of rotatable bonds is 1. The van der Waals surface area contributed by atoms with Crippen molar-refractivity contribution in [2.24, 2.45) is 7.05 Å². The van der Waals surface area contributed by atoms with E-state index in [4.69, 9.17) is 0 Å². The number of hydrogen-bond donors (Lipinski definition) is 0. The molecule has 0 aliphatic carbocycles. The summed E-state index contributed by atoms with van der Waals surface area (Å²) in [4.78, 5) is 0. The highest BCUT2D eigenvalue weighted by Gasteiger charge is 2.38. The van der Waals surface area contributed by atoms with Gasteiger partial charge in [-0.1, -0.05) is 82.2 Å². The third-order valence-electron chi connectivity index (χ3n) is 5.99. The van der Waals surface area contributed by atoms with Crippen LogP contribution in [0.15, 0.2) is 60.7 Å². The van der Waals surface area contributed by atoms with E-state index in [0.717, 1.165) is 0 Å². The zero-order valence-corrected chi connectivity index (χ0v) is 15.8. The SMILES string of the molecule is Cc1cc(C)c(B2c3ccccc3-c3c2c2ccccc2n3C)c(C)c1. The highest BCUT2D eigenvalue weighted by Crippen LogP contribution is 2.30. The van der Waals surface area contributed by atoms with E-state index in [1.165, 1.54) is 55.2 Å². The largest absolute Gasteiger partial charge is 0.344 e. The first-order valence-electron chi connectivity index (χ1n) is 9.32. The third kappa shape index (κ3) is 1.93. The number of aryl methyl sites for hydroxylation is 4. The second-order valence-electron chi connectivity index (χ2n) is 7.67. The lowest BCUT2D eigenvalue weighted by atomic mass is 9.37. The maximum atomic E-state index is 2.38. The lowest BCUT2D eigenvalue weighted by Gasteiger charge is -2.18. The van der Waals surface area contributed by atoms with Gasteiger partial charge >= 0.3 is 0 Å². The normalized spacial score (nSPS) is 12.5. The average Bonchev–Trinajstić information content (AvgIpc) is 3.09. The van der Waals surface area contributed by atoms with Crippen molar-refractivity contribution < 1.29 is 0 Å². The molecule has 126 valence electrons. The van der Waals surface area contributed by atoms with Gasteiger partial charge in [-0.05, 0) is 43.3 Å². The Balaban J connectivity index is 1.94. The van der Waals surface area contributed by atoms with Crippen molar-refractivity contribution >= 4 is 34.0 Å². The molecule has 1 nitrogen and oxygen atoms in total. The number of nitrogens with zero attached hydrogens (tertiary/aromatic N) is 1. The summed E-state index contributed by atoms with van der Waals surface area (Å²) in [5.41, 5.74) is 12.6. The van der Waals surface area contributed by atoms with Crippen molar-refractivity contribution in [3.63, 3.8) is 0 Å². The molecule has 0 bridgehead atoms. The summed E-state index contributed by atoms with van der Waals surface area (Å²) in [7, 11) is 2.20. The molecular formula is C24H22BN. The molecule has 0 radical (unpaired) electrons. The molecular weight excluding hydrogens is 313 g/mol. The first-order chi connectivity index (χ1) is 12.6. The Bertz CT molecular complexity index is 1160. The molecule has 0 amide bonds. The summed E-state index contributed by atoms with van der Waals surface area (Å²) in [5.74, 6) is 0. The molecule has 1 aromatic heterocycles. The van der Waals surface area contributed by atoms with Gasteiger partial charge in [0.15, 0.2) is 0 Å². The fraction of sp³-hybridized carbons (Fsp3) is 0.167. The monoisotopic (exact) mass is 335 g/mol. The highest BCUT2D eigenvalue weighted by molar-refractivity contribution is 7.00. The molecule has 0 atom stereocenters. The minimum Gasteiger partial charge on any atom is -0.344 e. The number of fused-ring (bicyclic) bond motifs is 5. The van der Waals surface area contributed by atoms with Crippen LogP contribution in [0, 0.1) is 20.8 Å². The highest BCUT2D eigenvalue weighted by atomic mass is 15.0. The fourth-order valence-corrected chi connectivity index (χ4v) is 5.11. The van der Waals surface area contributed by atoms with Crippen LogP contribution in [0.4, 0.5) is 0 Å². The third-order valence-corrected chi connectivity index (χ3v) is 5.99. The zero-order chi connectivity index (χ0) is 18.0. The Morgan fingerprint density at radius 3 is 2.19 bits per heavy atom. The van der Waals surface area contributed by atoms with Gasteiger partial charge in [-0.2, -0.15) is 0 Å². The van der Waals surface area contributed by atoms with Crippen molar-refractivity contribution in [1.29, 1.82) is 0 Å². The second kappa shape index (κ2) is 5.38. The van der Waals surface area contributed by atoms with E-state index < -0.39 is 0 Å². The van der Waals surface area contributed by atoms with E-state index in [0.29, 0.717) is 6.71 Å². The van der Waals surface area contributed by atoms with Crippen molar-refractivity contribution in [2.75, 3.05) is 0 Å². The maximum Gasteiger partial charge on any atom is 0.246 e. The summed E-state index contributed by atoms with van der Waals surface area (Å²) in [6.45, 7) is 7.03. The van der Waals surface area contributed by atoms with Crippen molar-refractivity contribution in [2.45, 2.75) is 20.8 Å². The number of hydrogen-bond acceptors (Lipinski definition) is 0. The predicted octanol–water partition coefficient (Wildman–Crippen LogP) is 3.60. The molecule has 1 aliphatic heterocycles. The van der Waals surface area contributed by atoms with Crippen LogP contribution in [-0.2, 0) is 7.05 Å². The molecule has 0 saturated heterocycles. The van der Waals surface area contributed by atoms with Gasteiger partial charge in [0.1, 0.15) is 0 Å². The molecule has 4 aromatic rings. The quantitative estimate of drug-likeness (QED) is 0.413. The van der Waals surface area contributed by atoms with Crippen LogP contribution in [0.2, 0.25) is 0 Å². The second-order valence-corrected chi connectivity index (χ2v) is 7.67. The standard InChI is InChI=1S/C24H22BN/c1-15-13-16(2)22(17(3)14-15)25-20-11-7-5-9-18(20)24-23(25)19-10-6-8-12-21(19)26(24)4/h5-14H,1-4H3. The van der Waals surface area contributed by atoms with Crippen LogP contribution in [0.5, 0.6) is 0 Å². The molecule has 5 rings (SSSR count). The van der Waals surface area contributed by atoms with Crippen LogP contribution in [0.25, 0.3) is 22.2 Å². The van der Waals surface area contributed by atoms with Crippen LogP contribution >= 0.6 is 0 Å². The molecule has 0 unspecified atom stereocenters. The molecule has 0 saturated carbocycles. The smallest absolute Gasteiger partial charge is 0.246 e. The van der Waals surface area contributed by atoms with E-state index in [1.807, 2.05) is 0 Å². The molecule has 3 aromatic carbocycles. The van der Waals surface area contributed by atoms with E-state index in [9.17, 15) is 0 Å². The summed E-state index contributed by atoms with van der Waals surface area (Å²) < 4.78 is 2.38. The fourth-order valence-electron chi connectivity index (χ4n) is 5.11. The van der Waals surface area contributed by atoms with E-state index >= 15 is 0 Å². The molecule has 26 heavy (non-hydrogen) atoms. The summed E-state index contributed by atoms with van der Waals surface area (Å²) in [6.07, 6.45) is 0. The van der Waals surface area contributed by atoms with Crippen LogP contribution < -0.4 is 16.4 Å². The zero-order valence-electron chi connectivity index (χ0n) is 15.8. The number of para-hydroxylation sites is 1. The molecule has 1 aliphatic rings. The topological polar surface area (TPSA) is 4.93 Å². The minimum absolute atomic E-state index is 0.313. The molecule has 0 N–H and O–H groups in total. The predicted molar refractivity (Wildman–Crippen MR) is 114 cm³/mol. The Morgan fingerprint density at radius 1 is 0.769 bits per heavy atom. The van der Waals surface area contributed by atoms with Crippen LogP contribution in [-0.4, -0.2) is 11.3 Å². The average molecular weight is 335 g/mol. The maximum absolute atomic E-state index is 2.38. The van der Waals surface area contributed by atoms with Crippen LogP contribution in [0.3, 0.4) is 0 Å². The van der Waals surface area contributed by atoms with E-state index in [-0.39, 0.29) is 0 Å². The molecule has 2 heteroatoms. The minimum atomic E-state index is 0.313. The van der Waals surface area contributed by atoms with Crippen molar-refractivity contribution in [1.82, 2.24) is 4.57 Å². The molecule has 0 fully saturated rings. The van der Waals surface area contributed by atoms with Gasteiger partial charge < -0.3 is 4.57 Å². The van der Waals surface area contributed by atoms with Crippen molar-refractivity contribution in [3.8, 4) is 11.3 Å².